The molecule has 2 heterocycles. The fourth-order valence-electron chi connectivity index (χ4n) is 9.40. The van der Waals surface area contributed by atoms with Crippen LogP contribution in [0.4, 0.5) is 0 Å². The molecule has 0 amide bonds. The van der Waals surface area contributed by atoms with Crippen molar-refractivity contribution in [2.45, 2.75) is 18.4 Å². The highest BCUT2D eigenvalue weighted by Crippen LogP contribution is 2.50. The first-order valence-corrected chi connectivity index (χ1v) is 22.7. The molecule has 9 aromatic carbocycles. The van der Waals surface area contributed by atoms with Crippen molar-refractivity contribution in [1.82, 2.24) is 16.0 Å². The highest BCUT2D eigenvalue weighted by molar-refractivity contribution is 6.24. The fourth-order valence-corrected chi connectivity index (χ4v) is 9.40. The molecular formula is C62H48N4. The summed E-state index contributed by atoms with van der Waals surface area (Å²) in [5.41, 5.74) is 18.5. The van der Waals surface area contributed by atoms with Gasteiger partial charge in [-0.05, 0) is 78.4 Å². The lowest BCUT2D eigenvalue weighted by Crippen LogP contribution is -2.44. The van der Waals surface area contributed by atoms with E-state index < -0.39 is 0 Å². The zero-order valence-electron chi connectivity index (χ0n) is 36.4. The van der Waals surface area contributed by atoms with Gasteiger partial charge in [0.2, 0.25) is 0 Å². The van der Waals surface area contributed by atoms with Crippen LogP contribution < -0.4 is 16.0 Å². The summed E-state index contributed by atoms with van der Waals surface area (Å²) in [4.78, 5) is 5.29. The standard InChI is InChI=1S/C62H48N4/c1-7-20-43(21-8-1)44-36-40-52(41-37-44)61-64-60(51-30-17-6-18-31-51)65-62(66-61)54-33-19-32-53(42-54)45-34-38-48(39-35-45)55-56(46-22-9-2-10-23-46)58(49-26-13-4-14-27-49)63-59(50-28-15-5-16-29-50)57(55)47-24-11-3-12-25-47/h1-42,58,60-61,63-64H,(H,65,66). The van der Waals surface area contributed by atoms with Crippen LogP contribution in [0.25, 0.3) is 44.7 Å². The Hall–Kier alpha value is -8.31. The monoisotopic (exact) mass is 848 g/mol. The van der Waals surface area contributed by atoms with Crippen LogP contribution >= 0.6 is 0 Å². The maximum absolute atomic E-state index is 5.29. The summed E-state index contributed by atoms with van der Waals surface area (Å²) in [6, 6.07) is 90.9. The fraction of sp³-hybridized carbons (Fsp3) is 0.0484. The number of hydrogen-bond acceptors (Lipinski definition) is 4. The number of nitrogens with one attached hydrogen (secondary N) is 3. The summed E-state index contributed by atoms with van der Waals surface area (Å²) in [7, 11) is 0. The van der Waals surface area contributed by atoms with Gasteiger partial charge in [0.05, 0.1) is 11.7 Å². The van der Waals surface area contributed by atoms with Gasteiger partial charge in [-0.1, -0.05) is 249 Å². The Balaban J connectivity index is 0.999. The van der Waals surface area contributed by atoms with Gasteiger partial charge in [-0.15, -0.1) is 0 Å². The van der Waals surface area contributed by atoms with Crippen molar-refractivity contribution in [2.75, 3.05) is 0 Å². The Bertz CT molecular complexity index is 3160. The van der Waals surface area contributed by atoms with Crippen LogP contribution in [-0.4, -0.2) is 5.84 Å². The quantitative estimate of drug-likeness (QED) is 0.128. The van der Waals surface area contributed by atoms with Crippen molar-refractivity contribution in [3.05, 3.63) is 299 Å². The molecule has 0 aliphatic carbocycles. The predicted octanol–water partition coefficient (Wildman–Crippen LogP) is 14.2. The minimum Gasteiger partial charge on any atom is -0.373 e. The molecule has 0 saturated carbocycles. The molecule has 66 heavy (non-hydrogen) atoms. The number of amidine groups is 1. The summed E-state index contributed by atoms with van der Waals surface area (Å²) in [5.74, 6) is 0.851. The van der Waals surface area contributed by atoms with Crippen molar-refractivity contribution in [1.29, 1.82) is 0 Å². The maximum Gasteiger partial charge on any atom is 0.131 e. The second-order valence-corrected chi connectivity index (χ2v) is 16.8. The van der Waals surface area contributed by atoms with Crippen LogP contribution in [0.2, 0.25) is 0 Å². The Kier molecular flexibility index (Phi) is 11.3. The van der Waals surface area contributed by atoms with E-state index in [0.717, 1.165) is 56.0 Å². The van der Waals surface area contributed by atoms with Crippen molar-refractivity contribution in [3.8, 4) is 22.3 Å². The Morgan fingerprint density at radius 2 is 0.742 bits per heavy atom. The van der Waals surface area contributed by atoms with Gasteiger partial charge in [0.1, 0.15) is 18.2 Å². The number of hydrogen-bond donors (Lipinski definition) is 3. The molecule has 0 fully saturated rings. The molecule has 3 N–H and O–H groups in total. The van der Waals surface area contributed by atoms with Crippen molar-refractivity contribution in [2.24, 2.45) is 4.99 Å². The van der Waals surface area contributed by atoms with Crippen LogP contribution in [0, 0.1) is 0 Å². The zero-order chi connectivity index (χ0) is 44.1. The van der Waals surface area contributed by atoms with E-state index in [0.29, 0.717) is 0 Å². The van der Waals surface area contributed by atoms with Crippen LogP contribution in [0.15, 0.2) is 260 Å². The molecule has 11 rings (SSSR count). The summed E-state index contributed by atoms with van der Waals surface area (Å²) in [6.07, 6.45) is -0.381. The molecule has 0 spiro atoms. The molecule has 4 nitrogen and oxygen atoms in total. The number of allylic oxidation sites excluding steroid dienone is 2. The van der Waals surface area contributed by atoms with E-state index in [9.17, 15) is 0 Å². The lowest BCUT2D eigenvalue weighted by molar-refractivity contribution is 0.409. The van der Waals surface area contributed by atoms with Crippen LogP contribution in [-0.2, 0) is 0 Å². The van der Waals surface area contributed by atoms with Gasteiger partial charge in [0.25, 0.3) is 0 Å². The number of aliphatic imine (C=N–C) groups is 1. The first-order valence-electron chi connectivity index (χ1n) is 22.7. The molecule has 4 heteroatoms. The predicted molar refractivity (Wildman–Crippen MR) is 274 cm³/mol. The normalized spacial score (nSPS) is 17.1. The third-order valence-electron chi connectivity index (χ3n) is 12.7. The second kappa shape index (κ2) is 18.4. The molecule has 3 atom stereocenters. The summed E-state index contributed by atoms with van der Waals surface area (Å²) < 4.78 is 0. The molecule has 0 radical (unpaired) electrons. The van der Waals surface area contributed by atoms with E-state index in [1.165, 1.54) is 39.0 Å². The Morgan fingerprint density at radius 1 is 0.303 bits per heavy atom. The van der Waals surface area contributed by atoms with Gasteiger partial charge in [0.15, 0.2) is 0 Å². The van der Waals surface area contributed by atoms with E-state index in [-0.39, 0.29) is 18.4 Å². The van der Waals surface area contributed by atoms with Crippen LogP contribution in [0.1, 0.15) is 62.9 Å². The number of benzene rings is 9. The van der Waals surface area contributed by atoms with E-state index in [4.69, 9.17) is 4.99 Å². The first kappa shape index (κ1) is 40.5. The minimum atomic E-state index is -0.228. The molecule has 3 unspecified atom stereocenters. The molecule has 0 saturated heterocycles. The smallest absolute Gasteiger partial charge is 0.131 e. The van der Waals surface area contributed by atoms with E-state index >= 15 is 0 Å². The maximum atomic E-state index is 5.29. The van der Waals surface area contributed by atoms with Gasteiger partial charge in [-0.3, -0.25) is 5.32 Å². The highest BCUT2D eigenvalue weighted by Gasteiger charge is 2.33. The van der Waals surface area contributed by atoms with E-state index in [2.05, 4.69) is 271 Å². The number of nitrogens with zero attached hydrogens (tertiary/aromatic N) is 1. The zero-order valence-corrected chi connectivity index (χ0v) is 36.4. The first-order chi connectivity index (χ1) is 32.7. The summed E-state index contributed by atoms with van der Waals surface area (Å²) in [5, 5.41) is 11.6. The highest BCUT2D eigenvalue weighted by atomic mass is 15.3. The number of dihydropyridines is 1. The van der Waals surface area contributed by atoms with Crippen LogP contribution in [0.5, 0.6) is 0 Å². The summed E-state index contributed by atoms with van der Waals surface area (Å²) >= 11 is 0. The second-order valence-electron chi connectivity index (χ2n) is 16.8. The van der Waals surface area contributed by atoms with Gasteiger partial charge in [-0.25, -0.2) is 4.99 Å². The lowest BCUT2D eigenvalue weighted by Gasteiger charge is -2.36. The van der Waals surface area contributed by atoms with Crippen molar-refractivity contribution < 1.29 is 0 Å². The lowest BCUT2D eigenvalue weighted by atomic mass is 9.77. The number of rotatable bonds is 10. The van der Waals surface area contributed by atoms with Gasteiger partial charge in [0, 0.05) is 11.1 Å². The molecule has 9 aromatic rings. The van der Waals surface area contributed by atoms with Crippen molar-refractivity contribution in [3.63, 3.8) is 0 Å². The molecule has 2 aliphatic heterocycles. The van der Waals surface area contributed by atoms with Crippen LogP contribution in [0.3, 0.4) is 0 Å². The van der Waals surface area contributed by atoms with E-state index in [1.807, 2.05) is 0 Å². The molecular weight excluding hydrogens is 801 g/mol. The van der Waals surface area contributed by atoms with Gasteiger partial charge >= 0.3 is 0 Å². The largest absolute Gasteiger partial charge is 0.373 e. The molecule has 316 valence electrons. The topological polar surface area (TPSA) is 48.5 Å². The van der Waals surface area contributed by atoms with Gasteiger partial charge < -0.3 is 10.6 Å². The third-order valence-corrected chi connectivity index (χ3v) is 12.7. The summed E-state index contributed by atoms with van der Waals surface area (Å²) in [6.45, 7) is 0. The molecule has 2 aliphatic rings. The van der Waals surface area contributed by atoms with E-state index in [1.54, 1.807) is 0 Å². The average Bonchev–Trinajstić information content (AvgIpc) is 3.42. The minimum absolute atomic E-state index is 0.105. The van der Waals surface area contributed by atoms with Crippen molar-refractivity contribution >= 4 is 28.3 Å². The molecule has 0 bridgehead atoms. The average molecular weight is 849 g/mol. The third kappa shape index (κ3) is 8.30. The Morgan fingerprint density at radius 3 is 1.36 bits per heavy atom. The Labute approximate surface area is 387 Å². The van der Waals surface area contributed by atoms with Gasteiger partial charge in [-0.2, -0.15) is 0 Å². The SMILES string of the molecule is c1ccc(C2=C(c3ccccc3)C(c3ccc(-c4cccc(C5=NC(c6ccccc6)NC(c6ccc(-c7ccccc7)cc6)N5)c4)cc3)=C(c3ccccc3)C(c3ccccc3)N2)cc1. The molecule has 0 aromatic heterocycles.